The van der Waals surface area contributed by atoms with E-state index in [4.69, 9.17) is 0 Å². The minimum atomic E-state index is -3.48. The number of aromatic amines is 1. The Morgan fingerprint density at radius 2 is 1.90 bits per heavy atom. The molecule has 1 aliphatic carbocycles. The molecule has 0 bridgehead atoms. The molecule has 1 aromatic carbocycles. The Bertz CT molecular complexity index is 676. The van der Waals surface area contributed by atoms with E-state index in [9.17, 15) is 8.42 Å². The van der Waals surface area contributed by atoms with E-state index in [-0.39, 0.29) is 11.4 Å². The van der Waals surface area contributed by atoms with Crippen LogP contribution in [-0.4, -0.2) is 24.7 Å². The van der Waals surface area contributed by atoms with Crippen molar-refractivity contribution in [2.45, 2.75) is 36.9 Å². The first-order valence-electron chi connectivity index (χ1n) is 6.93. The molecule has 3 rings (SSSR count). The summed E-state index contributed by atoms with van der Waals surface area (Å²) in [6, 6.07) is 7.62. The summed E-state index contributed by atoms with van der Waals surface area (Å²) < 4.78 is 26.9. The van der Waals surface area contributed by atoms with Gasteiger partial charge in [-0.15, -0.1) is 0 Å². The van der Waals surface area contributed by atoms with Crippen LogP contribution < -0.4 is 10.0 Å². The Hall–Kier alpha value is -1.70. The van der Waals surface area contributed by atoms with Crippen molar-refractivity contribution < 1.29 is 8.42 Å². The Labute approximate surface area is 124 Å². The Morgan fingerprint density at radius 3 is 2.52 bits per heavy atom. The van der Waals surface area contributed by atoms with Crippen molar-refractivity contribution in [3.8, 4) is 0 Å². The summed E-state index contributed by atoms with van der Waals surface area (Å²) in [6.07, 6.45) is 5.74. The quantitative estimate of drug-likeness (QED) is 0.716. The topological polar surface area (TPSA) is 86.9 Å². The number of nitrogens with zero attached hydrogens (tertiary/aromatic N) is 1. The van der Waals surface area contributed by atoms with Crippen LogP contribution in [0.3, 0.4) is 0 Å². The predicted molar refractivity (Wildman–Crippen MR) is 78.9 cm³/mol. The zero-order valence-electron chi connectivity index (χ0n) is 11.5. The standard InChI is InChI=1S/C14H18N4O2S/c19-21(20,18-10-12-8-16-17-9-12)14-5-1-11(2-6-14)7-15-13-3-4-13/h1-2,5-6,8-9,13,15,18H,3-4,7,10H2,(H,16,17). The summed E-state index contributed by atoms with van der Waals surface area (Å²) in [4.78, 5) is 0.279. The van der Waals surface area contributed by atoms with E-state index < -0.39 is 10.0 Å². The molecule has 0 spiro atoms. The van der Waals surface area contributed by atoms with Crippen LogP contribution in [-0.2, 0) is 23.1 Å². The molecule has 1 saturated carbocycles. The first-order valence-corrected chi connectivity index (χ1v) is 8.41. The van der Waals surface area contributed by atoms with Crippen LogP contribution in [0.4, 0.5) is 0 Å². The molecule has 1 aliphatic rings. The summed E-state index contributed by atoms with van der Waals surface area (Å²) in [5, 5.41) is 9.83. The first-order chi connectivity index (χ1) is 10.1. The lowest BCUT2D eigenvalue weighted by Crippen LogP contribution is -2.23. The van der Waals surface area contributed by atoms with Crippen LogP contribution in [0.1, 0.15) is 24.0 Å². The monoisotopic (exact) mass is 306 g/mol. The van der Waals surface area contributed by atoms with Gasteiger partial charge in [0.05, 0.1) is 11.1 Å². The second kappa shape index (κ2) is 5.97. The highest BCUT2D eigenvalue weighted by atomic mass is 32.2. The molecule has 0 radical (unpaired) electrons. The lowest BCUT2D eigenvalue weighted by molar-refractivity contribution is 0.581. The Morgan fingerprint density at radius 1 is 1.14 bits per heavy atom. The minimum absolute atomic E-state index is 0.226. The number of aromatic nitrogens is 2. The van der Waals surface area contributed by atoms with E-state index in [0.29, 0.717) is 6.04 Å². The molecule has 0 aliphatic heterocycles. The number of hydrogen-bond acceptors (Lipinski definition) is 4. The zero-order chi connectivity index (χ0) is 14.7. The third-order valence-corrected chi connectivity index (χ3v) is 4.84. The predicted octanol–water partition coefficient (Wildman–Crippen LogP) is 1.14. The molecule has 2 aromatic rings. The molecule has 7 heteroatoms. The molecule has 6 nitrogen and oxygen atoms in total. The van der Waals surface area contributed by atoms with E-state index in [2.05, 4.69) is 20.2 Å². The number of sulfonamides is 1. The van der Waals surface area contributed by atoms with Crippen molar-refractivity contribution in [2.75, 3.05) is 0 Å². The van der Waals surface area contributed by atoms with Gasteiger partial charge in [0, 0.05) is 30.9 Å². The maximum Gasteiger partial charge on any atom is 0.240 e. The van der Waals surface area contributed by atoms with Crippen LogP contribution in [0.2, 0.25) is 0 Å². The maximum absolute atomic E-state index is 12.2. The smallest absolute Gasteiger partial charge is 0.240 e. The van der Waals surface area contributed by atoms with Crippen molar-refractivity contribution >= 4 is 10.0 Å². The second-order valence-electron chi connectivity index (χ2n) is 5.23. The van der Waals surface area contributed by atoms with E-state index in [1.807, 2.05) is 12.1 Å². The normalized spacial score (nSPS) is 15.2. The van der Waals surface area contributed by atoms with Gasteiger partial charge in [0.25, 0.3) is 0 Å². The molecule has 1 aromatic heterocycles. The van der Waals surface area contributed by atoms with Gasteiger partial charge in [-0.1, -0.05) is 12.1 Å². The van der Waals surface area contributed by atoms with Gasteiger partial charge >= 0.3 is 0 Å². The van der Waals surface area contributed by atoms with Gasteiger partial charge in [-0.05, 0) is 30.5 Å². The third kappa shape index (κ3) is 3.90. The highest BCUT2D eigenvalue weighted by molar-refractivity contribution is 7.89. The third-order valence-electron chi connectivity index (χ3n) is 3.43. The fraction of sp³-hybridized carbons (Fsp3) is 0.357. The Kier molecular flexibility index (Phi) is 4.05. The highest BCUT2D eigenvalue weighted by Gasteiger charge is 2.20. The summed E-state index contributed by atoms with van der Waals surface area (Å²) in [6.45, 7) is 1.01. The fourth-order valence-corrected chi connectivity index (χ4v) is 2.99. The highest BCUT2D eigenvalue weighted by Crippen LogP contribution is 2.19. The molecular weight excluding hydrogens is 288 g/mol. The van der Waals surface area contributed by atoms with E-state index in [1.165, 1.54) is 12.8 Å². The zero-order valence-corrected chi connectivity index (χ0v) is 12.4. The molecule has 0 unspecified atom stereocenters. The molecule has 0 atom stereocenters. The summed E-state index contributed by atoms with van der Waals surface area (Å²) in [7, 11) is -3.48. The first kappa shape index (κ1) is 14.2. The van der Waals surface area contributed by atoms with Gasteiger partial charge in [0.1, 0.15) is 0 Å². The summed E-state index contributed by atoms with van der Waals surface area (Å²) in [5.41, 5.74) is 1.89. The van der Waals surface area contributed by atoms with Crippen LogP contribution in [0.5, 0.6) is 0 Å². The van der Waals surface area contributed by atoms with E-state index in [0.717, 1.165) is 17.7 Å². The molecule has 0 amide bonds. The largest absolute Gasteiger partial charge is 0.310 e. The van der Waals surface area contributed by atoms with Crippen molar-refractivity contribution in [3.63, 3.8) is 0 Å². The molecule has 0 saturated heterocycles. The average Bonchev–Trinajstić information content (AvgIpc) is 3.17. The van der Waals surface area contributed by atoms with Crippen LogP contribution in [0, 0.1) is 0 Å². The van der Waals surface area contributed by atoms with Gasteiger partial charge in [0.15, 0.2) is 0 Å². The SMILES string of the molecule is O=S(=O)(NCc1cn[nH]c1)c1ccc(CNC2CC2)cc1. The van der Waals surface area contributed by atoms with Crippen molar-refractivity contribution in [3.05, 3.63) is 47.8 Å². The summed E-state index contributed by atoms with van der Waals surface area (Å²) in [5.74, 6) is 0. The second-order valence-corrected chi connectivity index (χ2v) is 7.00. The number of benzene rings is 1. The van der Waals surface area contributed by atoms with Gasteiger partial charge in [0.2, 0.25) is 10.0 Å². The molecule has 1 fully saturated rings. The molecule has 1 heterocycles. The number of hydrogen-bond donors (Lipinski definition) is 3. The lowest BCUT2D eigenvalue weighted by Gasteiger charge is -2.07. The molecule has 3 N–H and O–H groups in total. The molecule has 21 heavy (non-hydrogen) atoms. The van der Waals surface area contributed by atoms with Crippen LogP contribution in [0.15, 0.2) is 41.6 Å². The number of nitrogens with one attached hydrogen (secondary N) is 3. The molecular formula is C14H18N4O2S. The molecule has 112 valence electrons. The minimum Gasteiger partial charge on any atom is -0.310 e. The van der Waals surface area contributed by atoms with Gasteiger partial charge in [-0.3, -0.25) is 5.10 Å². The van der Waals surface area contributed by atoms with Gasteiger partial charge in [-0.25, -0.2) is 13.1 Å². The van der Waals surface area contributed by atoms with Crippen LogP contribution >= 0.6 is 0 Å². The fourth-order valence-electron chi connectivity index (χ4n) is 1.97. The van der Waals surface area contributed by atoms with Crippen LogP contribution in [0.25, 0.3) is 0 Å². The maximum atomic E-state index is 12.2. The van der Waals surface area contributed by atoms with E-state index in [1.54, 1.807) is 24.5 Å². The number of rotatable bonds is 7. The Balaban J connectivity index is 1.61. The van der Waals surface area contributed by atoms with Gasteiger partial charge in [-0.2, -0.15) is 5.10 Å². The number of H-pyrrole nitrogens is 1. The van der Waals surface area contributed by atoms with E-state index >= 15 is 0 Å². The lowest BCUT2D eigenvalue weighted by atomic mass is 10.2. The van der Waals surface area contributed by atoms with Crippen molar-refractivity contribution in [1.82, 2.24) is 20.2 Å². The van der Waals surface area contributed by atoms with Crippen molar-refractivity contribution in [1.29, 1.82) is 0 Å². The average molecular weight is 306 g/mol. The summed E-state index contributed by atoms with van der Waals surface area (Å²) >= 11 is 0. The van der Waals surface area contributed by atoms with Crippen molar-refractivity contribution in [2.24, 2.45) is 0 Å². The van der Waals surface area contributed by atoms with Gasteiger partial charge < -0.3 is 5.32 Å².